The van der Waals surface area contributed by atoms with E-state index < -0.39 is 0 Å². The van der Waals surface area contributed by atoms with Crippen molar-refractivity contribution in [2.45, 2.75) is 32.2 Å². The van der Waals surface area contributed by atoms with E-state index in [0.717, 1.165) is 12.8 Å². The summed E-state index contributed by atoms with van der Waals surface area (Å²) in [5.74, 6) is 0.704. The number of carbonyl (C=O) groups excluding carboxylic acids is 1. The van der Waals surface area contributed by atoms with Crippen molar-refractivity contribution < 1.29 is 4.79 Å². The van der Waals surface area contributed by atoms with Crippen molar-refractivity contribution in [2.75, 3.05) is 7.05 Å². The molecule has 0 spiro atoms. The number of ketones is 1. The molecule has 0 heterocycles. The van der Waals surface area contributed by atoms with Crippen LogP contribution in [0.4, 0.5) is 0 Å². The van der Waals surface area contributed by atoms with E-state index >= 15 is 0 Å². The van der Waals surface area contributed by atoms with E-state index in [2.05, 4.69) is 5.32 Å². The molecular formula is C8H15NO. The zero-order valence-corrected chi connectivity index (χ0v) is 6.68. The monoisotopic (exact) mass is 141 g/mol. The summed E-state index contributed by atoms with van der Waals surface area (Å²) in [6.45, 7) is 1.70. The van der Waals surface area contributed by atoms with E-state index in [0.29, 0.717) is 17.7 Å². The molecule has 0 saturated heterocycles. The first-order chi connectivity index (χ1) is 4.74. The van der Waals surface area contributed by atoms with Crippen molar-refractivity contribution in [3.63, 3.8) is 0 Å². The zero-order valence-electron chi connectivity index (χ0n) is 6.68. The third kappa shape index (κ3) is 1.57. The first-order valence-electron chi connectivity index (χ1n) is 3.91. The number of hydrogen-bond acceptors (Lipinski definition) is 2. The molecule has 0 aromatic carbocycles. The number of rotatable bonds is 2. The Morgan fingerprint density at radius 3 is 2.50 bits per heavy atom. The maximum atomic E-state index is 10.9. The predicted molar refractivity (Wildman–Crippen MR) is 40.9 cm³/mol. The zero-order chi connectivity index (χ0) is 7.56. The minimum absolute atomic E-state index is 0.345. The van der Waals surface area contributed by atoms with Crippen LogP contribution in [0.5, 0.6) is 0 Å². The van der Waals surface area contributed by atoms with Crippen LogP contribution in [-0.2, 0) is 4.79 Å². The highest BCUT2D eigenvalue weighted by molar-refractivity contribution is 5.78. The van der Waals surface area contributed by atoms with Crippen LogP contribution in [0.3, 0.4) is 0 Å². The number of carbonyl (C=O) groups is 1. The Labute approximate surface area is 62.0 Å². The number of Topliss-reactive ketones (excluding diaryl/α,β-unsaturated/α-hetero) is 1. The lowest BCUT2D eigenvalue weighted by Gasteiger charge is -2.06. The molecule has 2 heteroatoms. The molecule has 58 valence electrons. The lowest BCUT2D eigenvalue weighted by atomic mass is 10.0. The van der Waals surface area contributed by atoms with Crippen LogP contribution in [0, 0.1) is 5.92 Å². The van der Waals surface area contributed by atoms with E-state index in [4.69, 9.17) is 0 Å². The fourth-order valence-electron chi connectivity index (χ4n) is 1.61. The van der Waals surface area contributed by atoms with Crippen LogP contribution < -0.4 is 5.32 Å². The van der Waals surface area contributed by atoms with Gasteiger partial charge in [-0.25, -0.2) is 0 Å². The van der Waals surface area contributed by atoms with Crippen LogP contribution in [0.2, 0.25) is 0 Å². The van der Waals surface area contributed by atoms with Gasteiger partial charge in [-0.05, 0) is 33.2 Å². The molecule has 1 aliphatic rings. The molecule has 2 nitrogen and oxygen atoms in total. The number of nitrogens with one attached hydrogen (secondary N) is 1. The quantitative estimate of drug-likeness (QED) is 0.620. The highest BCUT2D eigenvalue weighted by Crippen LogP contribution is 2.25. The minimum atomic E-state index is 0.345. The predicted octanol–water partition coefficient (Wildman–Crippen LogP) is 0.964. The summed E-state index contributed by atoms with van der Waals surface area (Å²) in [6.07, 6.45) is 3.30. The van der Waals surface area contributed by atoms with E-state index in [1.165, 1.54) is 6.42 Å². The molecule has 0 aliphatic heterocycles. The van der Waals surface area contributed by atoms with Crippen LogP contribution in [0.25, 0.3) is 0 Å². The summed E-state index contributed by atoms with van der Waals surface area (Å²) in [6, 6.07) is 0.592. The van der Waals surface area contributed by atoms with Crippen LogP contribution in [-0.4, -0.2) is 18.9 Å². The molecule has 1 fully saturated rings. The molecule has 0 radical (unpaired) electrons. The molecule has 1 N–H and O–H groups in total. The van der Waals surface area contributed by atoms with Gasteiger partial charge in [0.2, 0.25) is 0 Å². The Balaban J connectivity index is 2.35. The minimum Gasteiger partial charge on any atom is -0.317 e. The fraction of sp³-hybridized carbons (Fsp3) is 0.875. The summed E-state index contributed by atoms with van der Waals surface area (Å²) >= 11 is 0. The molecule has 1 aliphatic carbocycles. The van der Waals surface area contributed by atoms with E-state index in [-0.39, 0.29) is 0 Å². The van der Waals surface area contributed by atoms with Crippen LogP contribution in [0.15, 0.2) is 0 Å². The standard InChI is InChI=1S/C8H15NO/c1-6(10)7-3-4-8(5-7)9-2/h7-9H,3-5H2,1-2H3. The first kappa shape index (κ1) is 7.73. The normalized spacial score (nSPS) is 32.6. The summed E-state index contributed by atoms with van der Waals surface area (Å²) in [4.78, 5) is 10.9. The third-order valence-electron chi connectivity index (χ3n) is 2.42. The van der Waals surface area contributed by atoms with Gasteiger partial charge < -0.3 is 5.32 Å². The Bertz CT molecular complexity index is 133. The van der Waals surface area contributed by atoms with Crippen molar-refractivity contribution in [3.8, 4) is 0 Å². The maximum absolute atomic E-state index is 10.9. The molecule has 2 unspecified atom stereocenters. The second-order valence-corrected chi connectivity index (χ2v) is 3.11. The molecule has 1 saturated carbocycles. The second kappa shape index (κ2) is 3.15. The van der Waals surface area contributed by atoms with Crippen molar-refractivity contribution in [1.29, 1.82) is 0 Å². The second-order valence-electron chi connectivity index (χ2n) is 3.11. The van der Waals surface area contributed by atoms with E-state index in [1.54, 1.807) is 6.92 Å². The molecular weight excluding hydrogens is 126 g/mol. The van der Waals surface area contributed by atoms with Gasteiger partial charge in [-0.3, -0.25) is 4.79 Å². The fourth-order valence-corrected chi connectivity index (χ4v) is 1.61. The smallest absolute Gasteiger partial charge is 0.132 e. The van der Waals surface area contributed by atoms with Gasteiger partial charge in [0.25, 0.3) is 0 Å². The van der Waals surface area contributed by atoms with E-state index in [1.807, 2.05) is 7.05 Å². The highest BCUT2D eigenvalue weighted by Gasteiger charge is 2.25. The Hall–Kier alpha value is -0.370. The van der Waals surface area contributed by atoms with Gasteiger partial charge in [-0.2, -0.15) is 0 Å². The van der Waals surface area contributed by atoms with Gasteiger partial charge in [-0.15, -0.1) is 0 Å². The molecule has 0 amide bonds. The summed E-state index contributed by atoms with van der Waals surface area (Å²) in [5.41, 5.74) is 0. The molecule has 2 atom stereocenters. The average molecular weight is 141 g/mol. The lowest BCUT2D eigenvalue weighted by Crippen LogP contribution is -2.22. The van der Waals surface area contributed by atoms with Gasteiger partial charge in [0.05, 0.1) is 0 Å². The number of hydrogen-bond donors (Lipinski definition) is 1. The molecule has 10 heavy (non-hydrogen) atoms. The molecule has 0 aromatic rings. The van der Waals surface area contributed by atoms with Gasteiger partial charge >= 0.3 is 0 Å². The summed E-state index contributed by atoms with van der Waals surface area (Å²) in [7, 11) is 1.97. The maximum Gasteiger partial charge on any atom is 0.132 e. The van der Waals surface area contributed by atoms with Crippen molar-refractivity contribution in [3.05, 3.63) is 0 Å². The third-order valence-corrected chi connectivity index (χ3v) is 2.42. The highest BCUT2D eigenvalue weighted by atomic mass is 16.1. The van der Waals surface area contributed by atoms with Gasteiger partial charge in [0.1, 0.15) is 5.78 Å². The molecule has 1 rings (SSSR count). The Kier molecular flexibility index (Phi) is 2.44. The first-order valence-corrected chi connectivity index (χ1v) is 3.91. The van der Waals surface area contributed by atoms with Crippen molar-refractivity contribution in [1.82, 2.24) is 5.32 Å². The average Bonchev–Trinajstić information content (AvgIpc) is 2.34. The lowest BCUT2D eigenvalue weighted by molar-refractivity contribution is -0.120. The molecule has 0 aromatic heterocycles. The van der Waals surface area contributed by atoms with Crippen LogP contribution >= 0.6 is 0 Å². The largest absolute Gasteiger partial charge is 0.317 e. The van der Waals surface area contributed by atoms with Crippen LogP contribution in [0.1, 0.15) is 26.2 Å². The van der Waals surface area contributed by atoms with Gasteiger partial charge in [-0.1, -0.05) is 0 Å². The Morgan fingerprint density at radius 2 is 2.20 bits per heavy atom. The van der Waals surface area contributed by atoms with Gasteiger partial charge in [0, 0.05) is 12.0 Å². The van der Waals surface area contributed by atoms with Crippen molar-refractivity contribution >= 4 is 5.78 Å². The van der Waals surface area contributed by atoms with E-state index in [9.17, 15) is 4.79 Å². The van der Waals surface area contributed by atoms with Crippen molar-refractivity contribution in [2.24, 2.45) is 5.92 Å². The van der Waals surface area contributed by atoms with Gasteiger partial charge in [0.15, 0.2) is 0 Å². The SMILES string of the molecule is CNC1CCC(C(C)=O)C1. The summed E-state index contributed by atoms with van der Waals surface area (Å²) in [5, 5.41) is 3.20. The topological polar surface area (TPSA) is 29.1 Å². The molecule has 0 bridgehead atoms. The summed E-state index contributed by atoms with van der Waals surface area (Å²) < 4.78 is 0. The Morgan fingerprint density at radius 1 is 1.50 bits per heavy atom.